The van der Waals surface area contributed by atoms with Crippen LogP contribution in [0.5, 0.6) is 5.75 Å². The van der Waals surface area contributed by atoms with Gasteiger partial charge >= 0.3 is 0 Å². The Balaban J connectivity index is 2.62. The predicted molar refractivity (Wildman–Crippen MR) is 72.2 cm³/mol. The lowest BCUT2D eigenvalue weighted by molar-refractivity contribution is 0.0815. The number of alkyl halides is 2. The van der Waals surface area contributed by atoms with E-state index in [0.29, 0.717) is 10.2 Å². The van der Waals surface area contributed by atoms with E-state index in [2.05, 4.69) is 42.0 Å². The van der Waals surface area contributed by atoms with Crippen LogP contribution in [0.1, 0.15) is 26.3 Å². The summed E-state index contributed by atoms with van der Waals surface area (Å²) in [5.41, 5.74) is 1.11. The van der Waals surface area contributed by atoms with E-state index in [0.717, 1.165) is 12.1 Å². The molecule has 0 unspecified atom stereocenters. The lowest BCUT2D eigenvalue weighted by Gasteiger charge is -2.20. The topological polar surface area (TPSA) is 21.3 Å². The van der Waals surface area contributed by atoms with Crippen molar-refractivity contribution in [3.8, 4) is 5.75 Å². The van der Waals surface area contributed by atoms with E-state index in [4.69, 9.17) is 4.74 Å². The first-order valence-corrected chi connectivity index (χ1v) is 6.51. The van der Waals surface area contributed by atoms with Crippen molar-refractivity contribution in [2.75, 3.05) is 6.61 Å². The number of benzene rings is 1. The van der Waals surface area contributed by atoms with E-state index in [1.807, 2.05) is 12.1 Å². The van der Waals surface area contributed by atoms with Gasteiger partial charge in [-0.3, -0.25) is 0 Å². The SMILES string of the molecule is CC(C)(C)NCc1ccc(OCC(F)F)c(Br)c1. The van der Waals surface area contributed by atoms with Gasteiger partial charge in [-0.2, -0.15) is 0 Å². The molecule has 0 radical (unpaired) electrons. The lowest BCUT2D eigenvalue weighted by Crippen LogP contribution is -2.35. The van der Waals surface area contributed by atoms with Crippen molar-refractivity contribution in [1.29, 1.82) is 0 Å². The molecular weight excluding hydrogens is 304 g/mol. The van der Waals surface area contributed by atoms with Crippen molar-refractivity contribution >= 4 is 15.9 Å². The molecule has 0 aliphatic heterocycles. The number of hydrogen-bond acceptors (Lipinski definition) is 2. The van der Waals surface area contributed by atoms with Crippen molar-refractivity contribution in [3.63, 3.8) is 0 Å². The monoisotopic (exact) mass is 321 g/mol. The first-order chi connectivity index (χ1) is 8.28. The van der Waals surface area contributed by atoms with Gasteiger partial charge in [0.1, 0.15) is 12.4 Å². The Bertz CT molecular complexity index is 391. The molecule has 0 aliphatic carbocycles. The molecule has 0 heterocycles. The third-order valence-electron chi connectivity index (χ3n) is 2.18. The quantitative estimate of drug-likeness (QED) is 0.885. The van der Waals surface area contributed by atoms with Crippen molar-refractivity contribution in [3.05, 3.63) is 28.2 Å². The number of nitrogens with one attached hydrogen (secondary N) is 1. The molecule has 1 rings (SSSR count). The standard InChI is InChI=1S/C13H18BrF2NO/c1-13(2,3)17-7-9-4-5-11(10(14)6-9)18-8-12(15)16/h4-6,12,17H,7-8H2,1-3H3. The van der Waals surface area contributed by atoms with Gasteiger partial charge in [0, 0.05) is 12.1 Å². The van der Waals surface area contributed by atoms with E-state index in [1.165, 1.54) is 0 Å². The highest BCUT2D eigenvalue weighted by atomic mass is 79.9. The molecule has 5 heteroatoms. The van der Waals surface area contributed by atoms with Crippen LogP contribution in [0.25, 0.3) is 0 Å². The summed E-state index contributed by atoms with van der Waals surface area (Å²) in [7, 11) is 0. The summed E-state index contributed by atoms with van der Waals surface area (Å²) >= 11 is 3.32. The van der Waals surface area contributed by atoms with E-state index in [-0.39, 0.29) is 5.54 Å². The van der Waals surface area contributed by atoms with Crippen LogP contribution < -0.4 is 10.1 Å². The fraction of sp³-hybridized carbons (Fsp3) is 0.538. The number of ether oxygens (including phenoxy) is 1. The summed E-state index contributed by atoms with van der Waals surface area (Å²) in [6.07, 6.45) is -2.46. The maximum atomic E-state index is 12.0. The van der Waals surface area contributed by atoms with Crippen molar-refractivity contribution in [2.24, 2.45) is 0 Å². The van der Waals surface area contributed by atoms with E-state index >= 15 is 0 Å². The zero-order valence-corrected chi connectivity index (χ0v) is 12.4. The molecule has 0 spiro atoms. The van der Waals surface area contributed by atoms with E-state index < -0.39 is 13.0 Å². The van der Waals surface area contributed by atoms with Gasteiger partial charge < -0.3 is 10.1 Å². The van der Waals surface area contributed by atoms with Crippen LogP contribution in [0.4, 0.5) is 8.78 Å². The van der Waals surface area contributed by atoms with Crippen LogP contribution >= 0.6 is 15.9 Å². The van der Waals surface area contributed by atoms with Gasteiger partial charge in [0.2, 0.25) is 0 Å². The van der Waals surface area contributed by atoms with Crippen LogP contribution in [0.3, 0.4) is 0 Å². The fourth-order valence-corrected chi connectivity index (χ4v) is 1.83. The average molecular weight is 322 g/mol. The molecule has 1 aromatic carbocycles. The van der Waals surface area contributed by atoms with Gasteiger partial charge in [0.15, 0.2) is 0 Å². The largest absolute Gasteiger partial charge is 0.486 e. The number of halogens is 3. The number of hydrogen-bond donors (Lipinski definition) is 1. The van der Waals surface area contributed by atoms with Crippen LogP contribution in [0.2, 0.25) is 0 Å². The average Bonchev–Trinajstić information content (AvgIpc) is 2.24. The Morgan fingerprint density at radius 1 is 1.33 bits per heavy atom. The second-order valence-electron chi connectivity index (χ2n) is 5.07. The summed E-state index contributed by atoms with van der Waals surface area (Å²) in [6.45, 7) is 6.39. The molecule has 1 aromatic rings. The minimum Gasteiger partial charge on any atom is -0.486 e. The van der Waals surface area contributed by atoms with Crippen molar-refractivity contribution < 1.29 is 13.5 Å². The Morgan fingerprint density at radius 3 is 2.50 bits per heavy atom. The van der Waals surface area contributed by atoms with Gasteiger partial charge in [-0.1, -0.05) is 6.07 Å². The Labute approximate surface area is 115 Å². The third-order valence-corrected chi connectivity index (χ3v) is 2.80. The van der Waals surface area contributed by atoms with Gasteiger partial charge in [0.05, 0.1) is 4.47 Å². The zero-order chi connectivity index (χ0) is 13.8. The highest BCUT2D eigenvalue weighted by Crippen LogP contribution is 2.26. The minimum atomic E-state index is -2.46. The van der Waals surface area contributed by atoms with Gasteiger partial charge in [-0.05, 0) is 54.4 Å². The Morgan fingerprint density at radius 2 is 2.00 bits per heavy atom. The normalized spacial score (nSPS) is 11.9. The van der Waals surface area contributed by atoms with Crippen LogP contribution in [0, 0.1) is 0 Å². The van der Waals surface area contributed by atoms with Gasteiger partial charge in [-0.25, -0.2) is 8.78 Å². The Kier molecular flexibility index (Phi) is 5.53. The third kappa shape index (κ3) is 5.78. The summed E-state index contributed by atoms with van der Waals surface area (Å²) in [4.78, 5) is 0. The molecule has 0 aliphatic rings. The predicted octanol–water partition coefficient (Wildman–Crippen LogP) is 3.98. The summed E-state index contributed by atoms with van der Waals surface area (Å²) in [5.74, 6) is 0.440. The maximum absolute atomic E-state index is 12.0. The summed E-state index contributed by atoms with van der Waals surface area (Å²) < 4.78 is 29.7. The zero-order valence-electron chi connectivity index (χ0n) is 10.8. The van der Waals surface area contributed by atoms with Crippen molar-refractivity contribution in [1.82, 2.24) is 5.32 Å². The first-order valence-electron chi connectivity index (χ1n) is 5.72. The van der Waals surface area contributed by atoms with Crippen molar-refractivity contribution in [2.45, 2.75) is 39.3 Å². The molecular formula is C13H18BrF2NO. The van der Waals surface area contributed by atoms with Gasteiger partial charge in [-0.15, -0.1) is 0 Å². The lowest BCUT2D eigenvalue weighted by atomic mass is 10.1. The van der Waals surface area contributed by atoms with Crippen LogP contribution in [-0.2, 0) is 6.54 Å². The van der Waals surface area contributed by atoms with E-state index in [9.17, 15) is 8.78 Å². The molecule has 1 N–H and O–H groups in total. The smallest absolute Gasteiger partial charge is 0.272 e. The molecule has 18 heavy (non-hydrogen) atoms. The molecule has 0 atom stereocenters. The second-order valence-corrected chi connectivity index (χ2v) is 5.92. The first kappa shape index (κ1) is 15.4. The molecule has 0 saturated carbocycles. The van der Waals surface area contributed by atoms with Gasteiger partial charge in [0.25, 0.3) is 6.43 Å². The maximum Gasteiger partial charge on any atom is 0.272 e. The molecule has 0 aromatic heterocycles. The highest BCUT2D eigenvalue weighted by Gasteiger charge is 2.10. The van der Waals surface area contributed by atoms with E-state index in [1.54, 1.807) is 6.07 Å². The molecule has 102 valence electrons. The molecule has 0 bridgehead atoms. The molecule has 0 fully saturated rings. The molecule has 0 saturated heterocycles. The Hall–Kier alpha value is -0.680. The fourth-order valence-electron chi connectivity index (χ4n) is 1.29. The minimum absolute atomic E-state index is 0.0390. The summed E-state index contributed by atoms with van der Waals surface area (Å²) in [5, 5.41) is 3.35. The molecule has 0 amide bonds. The second kappa shape index (κ2) is 6.48. The molecule has 2 nitrogen and oxygen atoms in total. The highest BCUT2D eigenvalue weighted by molar-refractivity contribution is 9.10. The van der Waals surface area contributed by atoms with Crippen LogP contribution in [-0.4, -0.2) is 18.6 Å². The number of rotatable bonds is 5. The summed E-state index contributed by atoms with van der Waals surface area (Å²) in [6, 6.07) is 5.44. The van der Waals surface area contributed by atoms with Crippen LogP contribution in [0.15, 0.2) is 22.7 Å².